The SMILES string of the molecule is C/C(O)=C(/N=O)C(=O)OC(C)(C)C. The highest BCUT2D eigenvalue weighted by Gasteiger charge is 2.22. The summed E-state index contributed by atoms with van der Waals surface area (Å²) in [5.74, 6) is -1.35. The molecule has 0 amide bonds. The molecule has 0 unspecified atom stereocenters. The molecular weight excluding hydrogens is 174 g/mol. The van der Waals surface area contributed by atoms with E-state index in [0.717, 1.165) is 0 Å². The Morgan fingerprint density at radius 2 is 1.85 bits per heavy atom. The topological polar surface area (TPSA) is 76.0 Å². The normalized spacial score (nSPS) is 13.2. The summed E-state index contributed by atoms with van der Waals surface area (Å²) in [5, 5.41) is 11.2. The van der Waals surface area contributed by atoms with Crippen LogP contribution in [0.15, 0.2) is 16.6 Å². The summed E-state index contributed by atoms with van der Waals surface area (Å²) in [6.07, 6.45) is 0. The third-order valence-corrected chi connectivity index (χ3v) is 1.03. The quantitative estimate of drug-likeness (QED) is 0.310. The van der Waals surface area contributed by atoms with Gasteiger partial charge in [0.25, 0.3) is 0 Å². The predicted octanol–water partition coefficient (Wildman–Crippen LogP) is 1.88. The molecule has 0 saturated heterocycles. The van der Waals surface area contributed by atoms with Crippen molar-refractivity contribution in [3.63, 3.8) is 0 Å². The van der Waals surface area contributed by atoms with Gasteiger partial charge in [0.2, 0.25) is 5.70 Å². The molecule has 74 valence electrons. The van der Waals surface area contributed by atoms with Crippen LogP contribution in [0.25, 0.3) is 0 Å². The molecule has 0 heterocycles. The van der Waals surface area contributed by atoms with Crippen molar-refractivity contribution >= 4 is 5.97 Å². The Morgan fingerprint density at radius 1 is 1.38 bits per heavy atom. The average Bonchev–Trinajstić information content (AvgIpc) is 1.82. The lowest BCUT2D eigenvalue weighted by Crippen LogP contribution is -2.24. The molecule has 0 radical (unpaired) electrons. The first kappa shape index (κ1) is 11.6. The van der Waals surface area contributed by atoms with Gasteiger partial charge in [0.05, 0.1) is 0 Å². The second kappa shape index (κ2) is 4.02. The van der Waals surface area contributed by atoms with Gasteiger partial charge in [-0.05, 0) is 32.9 Å². The van der Waals surface area contributed by atoms with E-state index in [0.29, 0.717) is 0 Å². The first-order valence-electron chi connectivity index (χ1n) is 3.74. The maximum Gasteiger partial charge on any atom is 0.364 e. The number of rotatable bonds is 2. The number of aliphatic hydroxyl groups is 1. The van der Waals surface area contributed by atoms with Crippen molar-refractivity contribution < 1.29 is 14.6 Å². The minimum Gasteiger partial charge on any atom is -0.510 e. The summed E-state index contributed by atoms with van der Waals surface area (Å²) in [5.41, 5.74) is -1.29. The van der Waals surface area contributed by atoms with Crippen LogP contribution in [-0.2, 0) is 9.53 Å². The van der Waals surface area contributed by atoms with E-state index in [9.17, 15) is 9.70 Å². The van der Waals surface area contributed by atoms with Crippen molar-refractivity contribution in [3.8, 4) is 0 Å². The van der Waals surface area contributed by atoms with Crippen molar-refractivity contribution in [1.29, 1.82) is 0 Å². The largest absolute Gasteiger partial charge is 0.510 e. The first-order valence-corrected chi connectivity index (χ1v) is 3.74. The lowest BCUT2D eigenvalue weighted by Gasteiger charge is -2.18. The number of esters is 1. The molecule has 0 fully saturated rings. The van der Waals surface area contributed by atoms with E-state index < -0.39 is 23.0 Å². The highest BCUT2D eigenvalue weighted by Crippen LogP contribution is 2.13. The highest BCUT2D eigenvalue weighted by molar-refractivity contribution is 5.88. The molecule has 5 nitrogen and oxygen atoms in total. The molecule has 0 aliphatic carbocycles. The van der Waals surface area contributed by atoms with Gasteiger partial charge in [-0.1, -0.05) is 0 Å². The monoisotopic (exact) mass is 187 g/mol. The minimum atomic E-state index is -0.914. The van der Waals surface area contributed by atoms with E-state index in [-0.39, 0.29) is 0 Å². The van der Waals surface area contributed by atoms with Crippen LogP contribution < -0.4 is 0 Å². The number of ether oxygens (including phenoxy) is 1. The van der Waals surface area contributed by atoms with Gasteiger partial charge in [0.15, 0.2) is 0 Å². The summed E-state index contributed by atoms with van der Waals surface area (Å²) >= 11 is 0. The van der Waals surface area contributed by atoms with Crippen LogP contribution in [0, 0.1) is 4.91 Å². The summed E-state index contributed by atoms with van der Waals surface area (Å²) in [6, 6.07) is 0. The Morgan fingerprint density at radius 3 is 2.08 bits per heavy atom. The number of allylic oxidation sites excluding steroid dienone is 1. The number of nitroso groups, excluding NO2 is 1. The number of hydrogen-bond acceptors (Lipinski definition) is 5. The highest BCUT2D eigenvalue weighted by atomic mass is 16.6. The zero-order chi connectivity index (χ0) is 10.6. The van der Waals surface area contributed by atoms with Crippen LogP contribution in [0.5, 0.6) is 0 Å². The van der Waals surface area contributed by atoms with Gasteiger partial charge in [0, 0.05) is 0 Å². The molecule has 0 aliphatic rings. The van der Waals surface area contributed by atoms with Gasteiger partial charge < -0.3 is 9.84 Å². The van der Waals surface area contributed by atoms with Gasteiger partial charge in [-0.3, -0.25) is 0 Å². The maximum atomic E-state index is 11.1. The van der Waals surface area contributed by atoms with Crippen LogP contribution >= 0.6 is 0 Å². The molecule has 5 heteroatoms. The van der Waals surface area contributed by atoms with Gasteiger partial charge in [-0.15, -0.1) is 4.91 Å². The Balaban J connectivity index is 4.62. The van der Waals surface area contributed by atoms with Gasteiger partial charge in [0.1, 0.15) is 11.4 Å². The van der Waals surface area contributed by atoms with E-state index in [1.54, 1.807) is 20.8 Å². The Bertz CT molecular complexity index is 245. The van der Waals surface area contributed by atoms with E-state index >= 15 is 0 Å². The standard InChI is InChI=1S/C8H13NO4/c1-5(10)6(9-12)7(11)13-8(2,3)4/h10H,1-4H3/b6-5-. The van der Waals surface area contributed by atoms with Crippen molar-refractivity contribution in [2.45, 2.75) is 33.3 Å². The van der Waals surface area contributed by atoms with Crippen LogP contribution in [0.1, 0.15) is 27.7 Å². The average molecular weight is 187 g/mol. The molecule has 0 bridgehead atoms. The second-order valence-electron chi connectivity index (χ2n) is 3.53. The van der Waals surface area contributed by atoms with Crippen molar-refractivity contribution in [2.24, 2.45) is 5.18 Å². The minimum absolute atomic E-state index is 0.441. The Labute approximate surface area is 76.4 Å². The van der Waals surface area contributed by atoms with Crippen LogP contribution in [0.2, 0.25) is 0 Å². The number of nitrogens with zero attached hydrogens (tertiary/aromatic N) is 1. The first-order chi connectivity index (χ1) is 5.78. The molecule has 0 saturated carbocycles. The molecule has 0 spiro atoms. The van der Waals surface area contributed by atoms with Crippen LogP contribution in [0.4, 0.5) is 0 Å². The van der Waals surface area contributed by atoms with Crippen LogP contribution in [-0.4, -0.2) is 16.7 Å². The lowest BCUT2D eigenvalue weighted by molar-refractivity contribution is -0.150. The van der Waals surface area contributed by atoms with Crippen molar-refractivity contribution in [3.05, 3.63) is 16.4 Å². The number of aliphatic hydroxyl groups excluding tert-OH is 1. The van der Waals surface area contributed by atoms with Crippen LogP contribution in [0.3, 0.4) is 0 Å². The van der Waals surface area contributed by atoms with E-state index in [1.165, 1.54) is 6.92 Å². The molecule has 0 rings (SSSR count). The third kappa shape index (κ3) is 4.25. The summed E-state index contributed by atoms with van der Waals surface area (Å²) in [6.45, 7) is 6.15. The fraction of sp³-hybridized carbons (Fsp3) is 0.625. The van der Waals surface area contributed by atoms with Gasteiger partial charge in [-0.2, -0.15) is 0 Å². The molecule has 13 heavy (non-hydrogen) atoms. The number of hydrogen-bond donors (Lipinski definition) is 1. The Hall–Kier alpha value is -1.39. The number of carbonyl (C=O) groups is 1. The van der Waals surface area contributed by atoms with E-state index in [1.807, 2.05) is 0 Å². The summed E-state index contributed by atoms with van der Waals surface area (Å²) < 4.78 is 4.80. The van der Waals surface area contributed by atoms with E-state index in [2.05, 4.69) is 5.18 Å². The molecule has 0 aromatic rings. The molecular formula is C8H13NO4. The molecule has 0 aliphatic heterocycles. The summed E-state index contributed by atoms with van der Waals surface area (Å²) in [7, 11) is 0. The Kier molecular flexibility index (Phi) is 3.59. The second-order valence-corrected chi connectivity index (χ2v) is 3.53. The lowest BCUT2D eigenvalue weighted by atomic mass is 10.2. The zero-order valence-electron chi connectivity index (χ0n) is 8.12. The summed E-state index contributed by atoms with van der Waals surface area (Å²) in [4.78, 5) is 21.2. The van der Waals surface area contributed by atoms with E-state index in [4.69, 9.17) is 9.84 Å². The molecule has 0 aromatic carbocycles. The van der Waals surface area contributed by atoms with Gasteiger partial charge in [-0.25, -0.2) is 4.79 Å². The predicted molar refractivity (Wildman–Crippen MR) is 47.0 cm³/mol. The fourth-order valence-electron chi connectivity index (χ4n) is 0.577. The fourth-order valence-corrected chi connectivity index (χ4v) is 0.577. The van der Waals surface area contributed by atoms with Crippen molar-refractivity contribution in [2.75, 3.05) is 0 Å². The zero-order valence-corrected chi connectivity index (χ0v) is 8.12. The maximum absolute atomic E-state index is 11.1. The smallest absolute Gasteiger partial charge is 0.364 e. The number of carbonyl (C=O) groups excluding carboxylic acids is 1. The van der Waals surface area contributed by atoms with Gasteiger partial charge >= 0.3 is 5.97 Å². The molecule has 0 atom stereocenters. The molecule has 0 aromatic heterocycles. The molecule has 1 N–H and O–H groups in total. The third-order valence-electron chi connectivity index (χ3n) is 1.03. The van der Waals surface area contributed by atoms with Crippen molar-refractivity contribution in [1.82, 2.24) is 0 Å².